The lowest BCUT2D eigenvalue weighted by Gasteiger charge is -2.26. The predicted octanol–water partition coefficient (Wildman–Crippen LogP) is 1.97. The number of rotatable bonds is 7. The highest BCUT2D eigenvalue weighted by Gasteiger charge is 2.34. The lowest BCUT2D eigenvalue weighted by molar-refractivity contribution is -0.141. The van der Waals surface area contributed by atoms with Crippen LogP contribution in [0.2, 0.25) is 0 Å². The lowest BCUT2D eigenvalue weighted by atomic mass is 9.94. The second kappa shape index (κ2) is 10.4. The minimum absolute atomic E-state index is 0.0583. The average molecular weight is 437 g/mol. The van der Waals surface area contributed by atoms with Crippen LogP contribution in [0.15, 0.2) is 41.3 Å². The third kappa shape index (κ3) is 6.57. The van der Waals surface area contributed by atoms with Gasteiger partial charge in [0.2, 0.25) is 5.91 Å². The average Bonchev–Trinajstić information content (AvgIpc) is 2.79. The molecule has 0 spiro atoms. The monoisotopic (exact) mass is 436 g/mol. The quantitative estimate of drug-likeness (QED) is 0.565. The zero-order chi connectivity index (χ0) is 22.5. The lowest BCUT2D eigenvalue weighted by Crippen LogP contribution is -2.53. The Kier molecular flexibility index (Phi) is 8.49. The van der Waals surface area contributed by atoms with Gasteiger partial charge in [0.05, 0.1) is 17.9 Å². The number of allylic oxidation sites excluding steroid dienone is 1. The minimum Gasteiger partial charge on any atom is -0.390 e. The van der Waals surface area contributed by atoms with E-state index in [-0.39, 0.29) is 17.7 Å². The molecule has 4 atom stereocenters. The van der Waals surface area contributed by atoms with Crippen molar-refractivity contribution in [3.63, 3.8) is 0 Å². The van der Waals surface area contributed by atoms with Gasteiger partial charge >= 0.3 is 0 Å². The molecular weight excluding hydrogens is 404 g/mol. The Morgan fingerprint density at radius 2 is 2.03 bits per heavy atom. The van der Waals surface area contributed by atoms with Crippen molar-refractivity contribution in [1.82, 2.24) is 5.32 Å². The van der Waals surface area contributed by atoms with Crippen molar-refractivity contribution in [3.05, 3.63) is 36.4 Å². The molecule has 0 saturated heterocycles. The number of thioether (sulfide) groups is 1. The number of aliphatic hydroxyl groups is 2. The van der Waals surface area contributed by atoms with Crippen molar-refractivity contribution in [2.75, 3.05) is 24.8 Å². The number of nitrogens with one attached hydrogen (secondary N) is 1. The highest BCUT2D eigenvalue weighted by atomic mass is 32.2. The Hall–Kier alpha value is -1.87. The summed E-state index contributed by atoms with van der Waals surface area (Å²) in [4.78, 5) is 28.1. The molecule has 7 nitrogen and oxygen atoms in total. The number of nitrogens with zero attached hydrogens (tertiary/aromatic N) is 1. The number of anilines is 1. The van der Waals surface area contributed by atoms with Crippen LogP contribution in [-0.2, 0) is 14.3 Å². The number of carbonyl (C=O) groups excluding carboxylic acids is 2. The Bertz CT molecular complexity index is 777. The van der Waals surface area contributed by atoms with E-state index in [1.54, 1.807) is 13.1 Å². The second-order valence-corrected chi connectivity index (χ2v) is 9.55. The number of ether oxygens (including phenoxy) is 1. The summed E-state index contributed by atoms with van der Waals surface area (Å²) in [5.74, 6) is -0.455. The number of hydrogen-bond donors (Lipinski definition) is 3. The van der Waals surface area contributed by atoms with Gasteiger partial charge in [0.1, 0.15) is 6.04 Å². The fourth-order valence-electron chi connectivity index (χ4n) is 3.10. The second-order valence-electron chi connectivity index (χ2n) is 8.49. The maximum absolute atomic E-state index is 12.8. The molecule has 3 N–H and O–H groups in total. The van der Waals surface area contributed by atoms with Gasteiger partial charge in [-0.3, -0.25) is 9.59 Å². The molecule has 1 aromatic rings. The van der Waals surface area contributed by atoms with Crippen molar-refractivity contribution in [2.24, 2.45) is 5.41 Å². The fraction of sp³-hybridized carbons (Fsp3) is 0.545. The number of para-hydroxylation sites is 1. The number of aliphatic hydroxyl groups excluding tert-OH is 2. The van der Waals surface area contributed by atoms with Gasteiger partial charge in [-0.2, -0.15) is 0 Å². The molecule has 0 unspecified atom stereocenters. The summed E-state index contributed by atoms with van der Waals surface area (Å²) < 4.78 is 5.19. The first-order chi connectivity index (χ1) is 14.0. The third-order valence-corrected chi connectivity index (χ3v) is 5.90. The highest BCUT2D eigenvalue weighted by molar-refractivity contribution is 7.99. The molecular formula is C22H32N2O5S. The van der Waals surface area contributed by atoms with E-state index in [1.807, 2.05) is 51.1 Å². The Morgan fingerprint density at radius 1 is 1.37 bits per heavy atom. The molecule has 1 aliphatic heterocycles. The number of amides is 2. The van der Waals surface area contributed by atoms with Gasteiger partial charge in [-0.1, -0.05) is 45.1 Å². The zero-order valence-corrected chi connectivity index (χ0v) is 19.0. The van der Waals surface area contributed by atoms with Crippen LogP contribution >= 0.6 is 11.8 Å². The molecule has 0 radical (unpaired) electrons. The van der Waals surface area contributed by atoms with E-state index >= 15 is 0 Å². The Morgan fingerprint density at radius 3 is 2.67 bits per heavy atom. The first-order valence-electron chi connectivity index (χ1n) is 9.91. The van der Waals surface area contributed by atoms with Gasteiger partial charge in [0.15, 0.2) is 6.10 Å². The first-order valence-corrected chi connectivity index (χ1v) is 10.9. The summed E-state index contributed by atoms with van der Waals surface area (Å²) in [6, 6.07) is 6.80. The number of fused-ring (bicyclic) bond motifs is 1. The summed E-state index contributed by atoms with van der Waals surface area (Å²) in [7, 11) is 2.99. The van der Waals surface area contributed by atoms with E-state index in [9.17, 15) is 19.8 Å². The standard InChI is InChI=1S/C22H32N2O5S/c1-22(2,3)11-10-14(25)12-17(26)19(29-5)20(27)23-15-13-30-18-9-7-6-8-16(18)24(4)21(15)28/h6-11,14-15,17,19,25-26H,12-13H2,1-5H3,(H,23,27)/t14-,15+,17-,19-/m1/s1. The number of benzene rings is 1. The highest BCUT2D eigenvalue weighted by Crippen LogP contribution is 2.33. The van der Waals surface area contributed by atoms with Gasteiger partial charge in [-0.05, 0) is 17.5 Å². The summed E-state index contributed by atoms with van der Waals surface area (Å²) in [6.45, 7) is 5.99. The molecule has 0 bridgehead atoms. The summed E-state index contributed by atoms with van der Waals surface area (Å²) in [6.07, 6.45) is 0.0547. The van der Waals surface area contributed by atoms with Crippen molar-refractivity contribution in [3.8, 4) is 0 Å². The van der Waals surface area contributed by atoms with Crippen LogP contribution in [0.3, 0.4) is 0 Å². The molecule has 0 fully saturated rings. The molecule has 8 heteroatoms. The fourth-order valence-corrected chi connectivity index (χ4v) is 4.20. The Balaban J connectivity index is 2.02. The predicted molar refractivity (Wildman–Crippen MR) is 119 cm³/mol. The van der Waals surface area contributed by atoms with E-state index in [4.69, 9.17) is 4.74 Å². The Labute approximate surface area is 182 Å². The first kappa shape index (κ1) is 24.4. The smallest absolute Gasteiger partial charge is 0.252 e. The minimum atomic E-state index is -1.22. The van der Waals surface area contributed by atoms with Crippen LogP contribution in [-0.4, -0.2) is 66.3 Å². The van der Waals surface area contributed by atoms with Crippen LogP contribution in [0.25, 0.3) is 0 Å². The molecule has 0 aromatic heterocycles. The van der Waals surface area contributed by atoms with Crippen molar-refractivity contribution < 1.29 is 24.5 Å². The summed E-state index contributed by atoms with van der Waals surface area (Å²) in [5.41, 5.74) is 0.687. The number of hydrogen-bond acceptors (Lipinski definition) is 6. The molecule has 2 amide bonds. The van der Waals surface area contributed by atoms with Gasteiger partial charge in [0, 0.05) is 31.2 Å². The van der Waals surface area contributed by atoms with Crippen LogP contribution in [0.4, 0.5) is 5.69 Å². The summed E-state index contributed by atoms with van der Waals surface area (Å²) >= 11 is 1.48. The maximum Gasteiger partial charge on any atom is 0.252 e. The number of carbonyl (C=O) groups is 2. The normalized spacial score (nSPS) is 20.4. The van der Waals surface area contributed by atoms with E-state index < -0.39 is 30.3 Å². The molecule has 1 aliphatic rings. The molecule has 30 heavy (non-hydrogen) atoms. The van der Waals surface area contributed by atoms with E-state index in [0.29, 0.717) is 5.75 Å². The molecule has 1 aromatic carbocycles. The van der Waals surface area contributed by atoms with Crippen molar-refractivity contribution >= 4 is 29.3 Å². The van der Waals surface area contributed by atoms with E-state index in [0.717, 1.165) is 10.6 Å². The maximum atomic E-state index is 12.8. The van der Waals surface area contributed by atoms with Gasteiger partial charge < -0.3 is 25.2 Å². The van der Waals surface area contributed by atoms with Crippen molar-refractivity contribution in [2.45, 2.75) is 56.4 Å². The topological polar surface area (TPSA) is 99.1 Å². The van der Waals surface area contributed by atoms with Gasteiger partial charge in [-0.15, -0.1) is 11.8 Å². The van der Waals surface area contributed by atoms with E-state index in [1.165, 1.54) is 23.8 Å². The molecule has 2 rings (SSSR count). The van der Waals surface area contributed by atoms with Crippen molar-refractivity contribution in [1.29, 1.82) is 0 Å². The van der Waals surface area contributed by atoms with Crippen LogP contribution in [0.5, 0.6) is 0 Å². The van der Waals surface area contributed by atoms with Gasteiger partial charge in [0.25, 0.3) is 5.91 Å². The van der Waals surface area contributed by atoms with Crippen LogP contribution in [0.1, 0.15) is 27.2 Å². The van der Waals surface area contributed by atoms with Gasteiger partial charge in [-0.25, -0.2) is 0 Å². The number of methoxy groups -OCH3 is 1. The molecule has 1 heterocycles. The van der Waals surface area contributed by atoms with Crippen LogP contribution in [0, 0.1) is 5.41 Å². The largest absolute Gasteiger partial charge is 0.390 e. The van der Waals surface area contributed by atoms with E-state index in [2.05, 4.69) is 5.32 Å². The number of likely N-dealkylation sites (N-methyl/N-ethyl adjacent to an activating group) is 1. The molecule has 0 aliphatic carbocycles. The molecule has 166 valence electrons. The molecule has 0 saturated carbocycles. The third-order valence-electron chi connectivity index (χ3n) is 4.74. The SMILES string of the molecule is CO[C@@H](C(=O)N[C@H]1CSc2ccccc2N(C)C1=O)[C@H](O)C[C@H](O)C=CC(C)(C)C. The summed E-state index contributed by atoms with van der Waals surface area (Å²) in [5, 5.41) is 23.3. The zero-order valence-electron chi connectivity index (χ0n) is 18.2. The van der Waals surface area contributed by atoms with Crippen LogP contribution < -0.4 is 10.2 Å².